The molecule has 5 nitrogen and oxygen atoms in total. The molecule has 1 heterocycles. The summed E-state index contributed by atoms with van der Waals surface area (Å²) in [6.45, 7) is 0. The van der Waals surface area contributed by atoms with E-state index in [4.69, 9.17) is 0 Å². The molecule has 0 aliphatic carbocycles. The normalized spacial score (nSPS) is 11.7. The summed E-state index contributed by atoms with van der Waals surface area (Å²) in [6.07, 6.45) is -8.33. The third-order valence-electron chi connectivity index (χ3n) is 1.95. The smallest absolute Gasteiger partial charge is 0.440 e. The zero-order chi connectivity index (χ0) is 14.1. The maximum absolute atomic E-state index is 12.6. The molecule has 0 atom stereocenters. The molecule has 0 aromatic carbocycles. The molecule has 0 N–H and O–H groups in total. The van der Waals surface area contributed by atoms with Crippen LogP contribution in [0.4, 0.5) is 27.6 Å². The van der Waals surface area contributed by atoms with Gasteiger partial charge in [0.15, 0.2) is 5.75 Å². The van der Waals surface area contributed by atoms with Crippen LogP contribution in [0.1, 0.15) is 17.7 Å². The molecule has 1 rings (SSSR count). The summed E-state index contributed by atoms with van der Waals surface area (Å²) in [6, 6.07) is 0. The van der Waals surface area contributed by atoms with E-state index in [1.807, 2.05) is 0 Å². The number of aromatic nitrogens is 1. The first-order chi connectivity index (χ1) is 8.20. The highest BCUT2D eigenvalue weighted by Crippen LogP contribution is 2.43. The Hall–Kier alpha value is -2.00. The Kier molecular flexibility index (Phi) is 3.67. The van der Waals surface area contributed by atoms with Gasteiger partial charge in [0.25, 0.3) is 6.43 Å². The van der Waals surface area contributed by atoms with Crippen LogP contribution in [-0.2, 0) is 6.18 Å². The Morgan fingerprint density at radius 2 is 2.00 bits per heavy atom. The second-order valence-corrected chi connectivity index (χ2v) is 2.99. The molecule has 0 unspecified atom stereocenters. The van der Waals surface area contributed by atoms with Gasteiger partial charge in [-0.2, -0.15) is 13.2 Å². The zero-order valence-corrected chi connectivity index (χ0v) is 8.66. The third-order valence-corrected chi connectivity index (χ3v) is 1.95. The molecule has 0 amide bonds. The van der Waals surface area contributed by atoms with Gasteiger partial charge in [0.05, 0.1) is 18.2 Å². The van der Waals surface area contributed by atoms with Crippen LogP contribution < -0.4 is 4.74 Å². The van der Waals surface area contributed by atoms with E-state index in [0.29, 0.717) is 6.20 Å². The number of pyridine rings is 1. The Morgan fingerprint density at radius 1 is 1.44 bits per heavy atom. The summed E-state index contributed by atoms with van der Waals surface area (Å²) in [5, 5.41) is 10.5. The minimum absolute atomic E-state index is 0.372. The van der Waals surface area contributed by atoms with Gasteiger partial charge in [-0.1, -0.05) is 0 Å². The Balaban J connectivity index is 3.68. The fourth-order valence-corrected chi connectivity index (χ4v) is 1.26. The first-order valence-electron chi connectivity index (χ1n) is 4.26. The van der Waals surface area contributed by atoms with Crippen LogP contribution in [0.2, 0.25) is 0 Å². The highest BCUT2D eigenvalue weighted by atomic mass is 19.4. The number of nitrogens with zero attached hydrogens (tertiary/aromatic N) is 2. The standard InChI is InChI=1S/C8H5F5N2O3/c1-18-3-2-14-6(8(11,12)13)5(15(16)17)4(3)7(9)10/h2,7H,1H3. The van der Waals surface area contributed by atoms with E-state index in [-0.39, 0.29) is 0 Å². The van der Waals surface area contributed by atoms with Crippen LogP contribution in [0.5, 0.6) is 5.75 Å². The average molecular weight is 272 g/mol. The van der Waals surface area contributed by atoms with Gasteiger partial charge < -0.3 is 4.74 Å². The Morgan fingerprint density at radius 3 is 2.33 bits per heavy atom. The van der Waals surface area contributed by atoms with Crippen LogP contribution >= 0.6 is 0 Å². The molecule has 0 saturated heterocycles. The number of rotatable bonds is 3. The quantitative estimate of drug-likeness (QED) is 0.482. The molecule has 0 spiro atoms. The van der Waals surface area contributed by atoms with Crippen molar-refractivity contribution >= 4 is 5.69 Å². The van der Waals surface area contributed by atoms with Crippen molar-refractivity contribution in [1.82, 2.24) is 4.98 Å². The van der Waals surface area contributed by atoms with E-state index in [1.54, 1.807) is 0 Å². The first-order valence-corrected chi connectivity index (χ1v) is 4.26. The van der Waals surface area contributed by atoms with E-state index in [2.05, 4.69) is 9.72 Å². The molecular weight excluding hydrogens is 267 g/mol. The number of halogens is 5. The van der Waals surface area contributed by atoms with Crippen molar-refractivity contribution in [1.29, 1.82) is 0 Å². The maximum atomic E-state index is 12.6. The summed E-state index contributed by atoms with van der Waals surface area (Å²) in [5.74, 6) is -0.773. The van der Waals surface area contributed by atoms with Crippen molar-refractivity contribution in [3.8, 4) is 5.75 Å². The van der Waals surface area contributed by atoms with Gasteiger partial charge in [-0.3, -0.25) is 10.1 Å². The summed E-state index contributed by atoms with van der Waals surface area (Å²) < 4.78 is 66.9. The average Bonchev–Trinajstić information content (AvgIpc) is 2.25. The van der Waals surface area contributed by atoms with Gasteiger partial charge >= 0.3 is 11.9 Å². The summed E-state index contributed by atoms with van der Waals surface area (Å²) in [7, 11) is 0.889. The van der Waals surface area contributed by atoms with Crippen molar-refractivity contribution in [2.45, 2.75) is 12.6 Å². The molecule has 100 valence electrons. The van der Waals surface area contributed by atoms with Gasteiger partial charge in [0, 0.05) is 0 Å². The highest BCUT2D eigenvalue weighted by molar-refractivity contribution is 5.53. The molecule has 0 fully saturated rings. The van der Waals surface area contributed by atoms with Crippen LogP contribution in [0.3, 0.4) is 0 Å². The van der Waals surface area contributed by atoms with E-state index < -0.39 is 40.2 Å². The van der Waals surface area contributed by atoms with Gasteiger partial charge in [-0.25, -0.2) is 13.8 Å². The fraction of sp³-hybridized carbons (Fsp3) is 0.375. The van der Waals surface area contributed by atoms with Crippen molar-refractivity contribution in [3.63, 3.8) is 0 Å². The van der Waals surface area contributed by atoms with E-state index in [0.717, 1.165) is 7.11 Å². The summed E-state index contributed by atoms with van der Waals surface area (Å²) in [4.78, 5) is 11.7. The summed E-state index contributed by atoms with van der Waals surface area (Å²) >= 11 is 0. The summed E-state index contributed by atoms with van der Waals surface area (Å²) in [5.41, 5.74) is -5.22. The number of alkyl halides is 5. The largest absolute Gasteiger partial charge is 0.494 e. The molecule has 0 aliphatic rings. The van der Waals surface area contributed by atoms with Gasteiger partial charge in [-0.05, 0) is 0 Å². The van der Waals surface area contributed by atoms with E-state index in [9.17, 15) is 32.1 Å². The van der Waals surface area contributed by atoms with Crippen LogP contribution in [0, 0.1) is 10.1 Å². The predicted molar refractivity (Wildman–Crippen MR) is 47.4 cm³/mol. The molecule has 0 bridgehead atoms. The third kappa shape index (κ3) is 2.46. The van der Waals surface area contributed by atoms with Crippen molar-refractivity contribution in [2.24, 2.45) is 0 Å². The van der Waals surface area contributed by atoms with Crippen LogP contribution in [0.15, 0.2) is 6.20 Å². The molecule has 0 saturated carbocycles. The lowest BCUT2D eigenvalue weighted by molar-refractivity contribution is -0.390. The van der Waals surface area contributed by atoms with E-state index >= 15 is 0 Å². The van der Waals surface area contributed by atoms with Gasteiger partial charge in [0.2, 0.25) is 5.69 Å². The molecule has 1 aromatic rings. The highest BCUT2D eigenvalue weighted by Gasteiger charge is 2.44. The Bertz CT molecular complexity index is 475. The number of methoxy groups -OCH3 is 1. The number of ether oxygens (including phenoxy) is 1. The van der Waals surface area contributed by atoms with Crippen molar-refractivity contribution in [3.05, 3.63) is 27.6 Å². The molecule has 1 aromatic heterocycles. The van der Waals surface area contributed by atoms with Crippen molar-refractivity contribution in [2.75, 3.05) is 7.11 Å². The molecule has 0 radical (unpaired) electrons. The van der Waals surface area contributed by atoms with E-state index in [1.165, 1.54) is 0 Å². The molecule has 18 heavy (non-hydrogen) atoms. The van der Waals surface area contributed by atoms with Crippen LogP contribution in [0.25, 0.3) is 0 Å². The number of hydrogen-bond acceptors (Lipinski definition) is 4. The zero-order valence-electron chi connectivity index (χ0n) is 8.66. The lowest BCUT2D eigenvalue weighted by Crippen LogP contribution is -2.14. The first kappa shape index (κ1) is 14.1. The van der Waals surface area contributed by atoms with Crippen LogP contribution in [-0.4, -0.2) is 17.0 Å². The molecular formula is C8H5F5N2O3. The minimum Gasteiger partial charge on any atom is -0.494 e. The van der Waals surface area contributed by atoms with Gasteiger partial charge in [-0.15, -0.1) is 0 Å². The lowest BCUT2D eigenvalue weighted by Gasteiger charge is -2.12. The second kappa shape index (κ2) is 4.70. The predicted octanol–water partition coefficient (Wildman–Crippen LogP) is 2.95. The molecule has 10 heteroatoms. The minimum atomic E-state index is -5.21. The van der Waals surface area contributed by atoms with Crippen molar-refractivity contribution < 1.29 is 31.6 Å². The fourth-order valence-electron chi connectivity index (χ4n) is 1.26. The monoisotopic (exact) mass is 272 g/mol. The second-order valence-electron chi connectivity index (χ2n) is 2.99. The Labute approximate surface area is 96.3 Å². The lowest BCUT2D eigenvalue weighted by atomic mass is 10.1. The number of nitro groups is 1. The molecule has 0 aliphatic heterocycles. The maximum Gasteiger partial charge on any atom is 0.440 e. The number of hydrogen-bond donors (Lipinski definition) is 0. The SMILES string of the molecule is COc1cnc(C(F)(F)F)c([N+](=O)[O-])c1C(F)F. The van der Waals surface area contributed by atoms with Gasteiger partial charge in [0.1, 0.15) is 5.56 Å². The topological polar surface area (TPSA) is 65.3 Å².